The molecule has 0 spiro atoms. The van der Waals surface area contributed by atoms with Crippen molar-refractivity contribution in [2.24, 2.45) is 0 Å². The van der Waals surface area contributed by atoms with E-state index in [1.54, 1.807) is 7.11 Å². The first-order valence-electron chi connectivity index (χ1n) is 6.69. The lowest BCUT2D eigenvalue weighted by atomic mass is 10.1. The van der Waals surface area contributed by atoms with E-state index >= 15 is 0 Å². The van der Waals surface area contributed by atoms with Crippen LogP contribution in [0.1, 0.15) is 11.1 Å². The third-order valence-electron chi connectivity index (χ3n) is 3.45. The smallest absolute Gasteiger partial charge is 0.497 e. The zero-order valence-electron chi connectivity index (χ0n) is 12.2. The van der Waals surface area contributed by atoms with Gasteiger partial charge in [-0.15, -0.1) is 0 Å². The van der Waals surface area contributed by atoms with Gasteiger partial charge in [-0.3, -0.25) is 0 Å². The Labute approximate surface area is 122 Å². The molecule has 0 aliphatic rings. The third kappa shape index (κ3) is 2.40. The summed E-state index contributed by atoms with van der Waals surface area (Å²) in [5, 5.41) is 0.905. The van der Waals surface area contributed by atoms with Crippen LogP contribution in [-0.2, 0) is 0 Å². The van der Waals surface area contributed by atoms with E-state index in [2.05, 4.69) is 0 Å². The van der Waals surface area contributed by atoms with E-state index in [9.17, 15) is 4.79 Å². The summed E-state index contributed by atoms with van der Waals surface area (Å²) in [6.45, 7) is 3.96. The van der Waals surface area contributed by atoms with E-state index in [0.29, 0.717) is 5.58 Å². The minimum absolute atomic E-state index is 0.403. The first-order valence-corrected chi connectivity index (χ1v) is 6.69. The van der Waals surface area contributed by atoms with E-state index in [-0.39, 0.29) is 0 Å². The Morgan fingerprint density at radius 2 is 1.81 bits per heavy atom. The van der Waals surface area contributed by atoms with Crippen LogP contribution in [0.4, 0.5) is 0 Å². The molecule has 0 aliphatic heterocycles. The average Bonchev–Trinajstić information content (AvgIpc) is 2.48. The monoisotopic (exact) mass is 282 g/mol. The summed E-state index contributed by atoms with van der Waals surface area (Å²) in [6, 6.07) is 11.3. The molecule has 3 aromatic rings. The molecule has 0 aliphatic carbocycles. The Morgan fingerprint density at radius 1 is 1.10 bits per heavy atom. The van der Waals surface area contributed by atoms with E-state index in [1.165, 1.54) is 4.57 Å². The zero-order valence-corrected chi connectivity index (χ0v) is 12.2. The zero-order chi connectivity index (χ0) is 15.0. The van der Waals surface area contributed by atoms with E-state index in [4.69, 9.17) is 9.15 Å². The number of hydrogen-bond donors (Lipinski definition) is 0. The number of rotatable bonds is 2. The molecule has 0 bridgehead atoms. The van der Waals surface area contributed by atoms with Gasteiger partial charge in [0.2, 0.25) is 5.69 Å². The minimum atomic E-state index is -0.403. The van der Waals surface area contributed by atoms with Crippen LogP contribution < -0.4 is 15.1 Å². The van der Waals surface area contributed by atoms with Crippen LogP contribution in [-0.4, -0.2) is 7.11 Å². The molecule has 0 fully saturated rings. The highest BCUT2D eigenvalue weighted by atomic mass is 16.5. The van der Waals surface area contributed by atoms with E-state index < -0.39 is 5.76 Å². The van der Waals surface area contributed by atoms with Gasteiger partial charge in [0.05, 0.1) is 12.5 Å². The van der Waals surface area contributed by atoms with Gasteiger partial charge >= 0.3 is 5.76 Å². The van der Waals surface area contributed by atoms with Crippen molar-refractivity contribution in [1.82, 2.24) is 0 Å². The highest BCUT2D eigenvalue weighted by Gasteiger charge is 2.16. The molecule has 2 aromatic carbocycles. The minimum Gasteiger partial charge on any atom is -0.497 e. The first-order chi connectivity index (χ1) is 10.1. The molecule has 0 saturated heterocycles. The van der Waals surface area contributed by atoms with Crippen LogP contribution in [0.15, 0.2) is 51.8 Å². The van der Waals surface area contributed by atoms with Crippen LogP contribution in [0.5, 0.6) is 5.75 Å². The van der Waals surface area contributed by atoms with Gasteiger partial charge in [0, 0.05) is 12.1 Å². The topological polar surface area (TPSA) is 43.3 Å². The van der Waals surface area contributed by atoms with E-state index in [0.717, 1.165) is 28.0 Å². The Morgan fingerprint density at radius 3 is 2.48 bits per heavy atom. The van der Waals surface area contributed by atoms with Crippen molar-refractivity contribution in [2.75, 3.05) is 7.11 Å². The van der Waals surface area contributed by atoms with Gasteiger partial charge < -0.3 is 9.15 Å². The van der Waals surface area contributed by atoms with Crippen molar-refractivity contribution in [3.05, 3.63) is 64.3 Å². The molecule has 3 rings (SSSR count). The number of fused-ring (bicyclic) bond motifs is 1. The molecular formula is C17H16NO3+. The molecular weight excluding hydrogens is 266 g/mol. The van der Waals surface area contributed by atoms with Gasteiger partial charge in [-0.1, -0.05) is 10.6 Å². The maximum absolute atomic E-state index is 12.2. The Hall–Kier alpha value is -2.62. The molecule has 21 heavy (non-hydrogen) atoms. The fraction of sp³-hybridized carbons (Fsp3) is 0.176. The van der Waals surface area contributed by atoms with Crippen LogP contribution >= 0.6 is 0 Å². The Balaban J connectivity index is 2.22. The molecule has 0 radical (unpaired) electrons. The highest BCUT2D eigenvalue weighted by molar-refractivity contribution is 5.79. The standard InChI is InChI=1S/C17H16NO3/c1-11-8-12(2)16-13(9-11)10-18(17(19)21-16)14-4-6-15(20-3)7-5-14/h4-10H,1-3H3/q+1. The van der Waals surface area contributed by atoms with Gasteiger partial charge in [0.1, 0.15) is 5.75 Å². The summed E-state index contributed by atoms with van der Waals surface area (Å²) in [5.41, 5.74) is 3.47. The normalized spacial score (nSPS) is 10.8. The molecule has 0 unspecified atom stereocenters. The molecule has 0 amide bonds. The number of ether oxygens (including phenoxy) is 1. The summed E-state index contributed by atoms with van der Waals surface area (Å²) in [4.78, 5) is 12.2. The van der Waals surface area contributed by atoms with Gasteiger partial charge in [-0.25, -0.2) is 0 Å². The van der Waals surface area contributed by atoms with Gasteiger partial charge in [-0.2, -0.15) is 4.79 Å². The second kappa shape index (κ2) is 5.05. The molecule has 1 heterocycles. The number of aromatic nitrogens is 1. The highest BCUT2D eigenvalue weighted by Crippen LogP contribution is 2.18. The second-order valence-electron chi connectivity index (χ2n) is 5.07. The van der Waals surface area contributed by atoms with Crippen molar-refractivity contribution in [3.8, 4) is 11.4 Å². The van der Waals surface area contributed by atoms with Crippen molar-refractivity contribution < 1.29 is 13.7 Å². The third-order valence-corrected chi connectivity index (χ3v) is 3.45. The molecule has 0 atom stereocenters. The summed E-state index contributed by atoms with van der Waals surface area (Å²) in [6.07, 6.45) is 1.81. The van der Waals surface area contributed by atoms with Crippen LogP contribution in [0.25, 0.3) is 16.7 Å². The predicted molar refractivity (Wildman–Crippen MR) is 80.0 cm³/mol. The predicted octanol–water partition coefficient (Wildman–Crippen LogP) is 2.70. The van der Waals surface area contributed by atoms with Crippen molar-refractivity contribution in [1.29, 1.82) is 0 Å². The Kier molecular flexibility index (Phi) is 3.22. The largest absolute Gasteiger partial charge is 0.608 e. The molecule has 4 nitrogen and oxygen atoms in total. The average molecular weight is 282 g/mol. The number of nitrogens with zero attached hydrogens (tertiary/aromatic N) is 1. The maximum Gasteiger partial charge on any atom is 0.608 e. The summed E-state index contributed by atoms with van der Waals surface area (Å²) in [7, 11) is 1.61. The van der Waals surface area contributed by atoms with Crippen molar-refractivity contribution in [3.63, 3.8) is 0 Å². The number of hydrogen-bond acceptors (Lipinski definition) is 3. The lowest BCUT2D eigenvalue weighted by molar-refractivity contribution is -0.623. The fourth-order valence-electron chi connectivity index (χ4n) is 2.47. The quantitative estimate of drug-likeness (QED) is 0.679. The molecule has 4 heteroatoms. The fourth-order valence-corrected chi connectivity index (χ4v) is 2.47. The van der Waals surface area contributed by atoms with E-state index in [1.807, 2.05) is 56.4 Å². The first kappa shape index (κ1) is 13.4. The lowest BCUT2D eigenvalue weighted by Crippen LogP contribution is -2.46. The molecule has 106 valence electrons. The van der Waals surface area contributed by atoms with Gasteiger partial charge in [0.15, 0.2) is 11.8 Å². The van der Waals surface area contributed by atoms with Gasteiger partial charge in [-0.05, 0) is 43.2 Å². The molecule has 0 N–H and O–H groups in total. The number of aryl methyl sites for hydroxylation is 2. The number of methoxy groups -OCH3 is 1. The van der Waals surface area contributed by atoms with Crippen molar-refractivity contribution in [2.45, 2.75) is 13.8 Å². The van der Waals surface area contributed by atoms with Crippen molar-refractivity contribution >= 4 is 11.0 Å². The summed E-state index contributed by atoms with van der Waals surface area (Å²) < 4.78 is 12.1. The molecule has 1 aromatic heterocycles. The summed E-state index contributed by atoms with van der Waals surface area (Å²) >= 11 is 0. The second-order valence-corrected chi connectivity index (χ2v) is 5.07. The summed E-state index contributed by atoms with van der Waals surface area (Å²) in [5.74, 6) is 0.343. The lowest BCUT2D eigenvalue weighted by Gasteiger charge is -2.02. The Bertz CT molecular complexity index is 864. The van der Waals surface area contributed by atoms with Gasteiger partial charge in [0.25, 0.3) is 0 Å². The number of benzene rings is 2. The maximum atomic E-state index is 12.2. The van der Waals surface area contributed by atoms with Crippen LogP contribution in [0, 0.1) is 13.8 Å². The van der Waals surface area contributed by atoms with Crippen LogP contribution in [0.2, 0.25) is 0 Å². The van der Waals surface area contributed by atoms with Crippen LogP contribution in [0.3, 0.4) is 0 Å². The SMILES string of the molecule is COc1ccc(-[n+]2cc3cc(C)cc(C)c3oc2=O)cc1. The molecule has 0 saturated carbocycles.